The zero-order valence-corrected chi connectivity index (χ0v) is 16.0. The predicted octanol–water partition coefficient (Wildman–Crippen LogP) is 3.12. The van der Waals surface area contributed by atoms with Crippen molar-refractivity contribution in [3.05, 3.63) is 64.7 Å². The van der Waals surface area contributed by atoms with Crippen molar-refractivity contribution in [2.45, 2.75) is 11.4 Å². The van der Waals surface area contributed by atoms with Crippen LogP contribution in [0.15, 0.2) is 53.4 Å². The van der Waals surface area contributed by atoms with Gasteiger partial charge in [0, 0.05) is 30.1 Å². The molecule has 2 rings (SSSR count). The van der Waals surface area contributed by atoms with Crippen molar-refractivity contribution < 1.29 is 14.3 Å². The molecular weight excluding hydrogens is 372 g/mol. The molecule has 138 valence electrons. The zero-order valence-electron chi connectivity index (χ0n) is 14.5. The van der Waals surface area contributed by atoms with Gasteiger partial charge >= 0.3 is 0 Å². The molecule has 5 nitrogen and oxygen atoms in total. The average molecular weight is 393 g/mol. The Labute approximate surface area is 162 Å². The second kappa shape index (κ2) is 10.9. The zero-order chi connectivity index (χ0) is 18.8. The van der Waals surface area contributed by atoms with Gasteiger partial charge in [-0.1, -0.05) is 41.9 Å². The number of ether oxygens (including phenoxy) is 1. The third-order valence-electron chi connectivity index (χ3n) is 3.52. The normalized spacial score (nSPS) is 10.4. The average Bonchev–Trinajstić information content (AvgIpc) is 2.66. The Kier molecular flexibility index (Phi) is 8.47. The van der Waals surface area contributed by atoms with Gasteiger partial charge < -0.3 is 15.4 Å². The maximum absolute atomic E-state index is 12.5. The molecule has 0 aliphatic carbocycles. The van der Waals surface area contributed by atoms with Crippen LogP contribution in [-0.4, -0.2) is 37.8 Å². The molecule has 0 unspecified atom stereocenters. The molecule has 0 saturated carbocycles. The fourth-order valence-corrected chi connectivity index (χ4v) is 3.26. The molecule has 2 aromatic rings. The number of hydrogen-bond acceptors (Lipinski definition) is 4. The van der Waals surface area contributed by atoms with Crippen molar-refractivity contribution in [3.8, 4) is 0 Å². The summed E-state index contributed by atoms with van der Waals surface area (Å²) in [7, 11) is 1.58. The van der Waals surface area contributed by atoms with E-state index in [0.717, 1.165) is 10.5 Å². The number of carbonyl (C=O) groups is 2. The van der Waals surface area contributed by atoms with Gasteiger partial charge in [0.2, 0.25) is 5.91 Å². The standard InChI is InChI=1S/C19H21ClN2O3S/c1-25-11-10-21-18(23)13-26-17-9-5-3-7-15(17)19(24)22-12-14-6-2-4-8-16(14)20/h2-9H,10-13H2,1H3,(H,21,23)(H,22,24). The Balaban J connectivity index is 1.93. The monoisotopic (exact) mass is 392 g/mol. The predicted molar refractivity (Wildman–Crippen MR) is 105 cm³/mol. The second-order valence-corrected chi connectivity index (χ2v) is 6.83. The first-order valence-corrected chi connectivity index (χ1v) is 9.47. The first kappa shape index (κ1) is 20.3. The second-order valence-electron chi connectivity index (χ2n) is 5.40. The van der Waals surface area contributed by atoms with E-state index >= 15 is 0 Å². The maximum Gasteiger partial charge on any atom is 0.252 e. The third kappa shape index (κ3) is 6.37. The highest BCUT2D eigenvalue weighted by atomic mass is 35.5. The summed E-state index contributed by atoms with van der Waals surface area (Å²) < 4.78 is 4.89. The molecule has 0 aromatic heterocycles. The van der Waals surface area contributed by atoms with Gasteiger partial charge in [0.15, 0.2) is 0 Å². The van der Waals surface area contributed by atoms with E-state index in [-0.39, 0.29) is 17.6 Å². The fourth-order valence-electron chi connectivity index (χ4n) is 2.18. The highest BCUT2D eigenvalue weighted by molar-refractivity contribution is 8.00. The SMILES string of the molecule is COCCNC(=O)CSc1ccccc1C(=O)NCc1ccccc1Cl. The minimum atomic E-state index is -0.201. The van der Waals surface area contributed by atoms with Crippen molar-refractivity contribution in [1.82, 2.24) is 10.6 Å². The van der Waals surface area contributed by atoms with Crippen molar-refractivity contribution in [2.24, 2.45) is 0 Å². The van der Waals surface area contributed by atoms with Crippen LogP contribution in [0.1, 0.15) is 15.9 Å². The minimum Gasteiger partial charge on any atom is -0.383 e. The number of carbonyl (C=O) groups excluding carboxylic acids is 2. The Bertz CT molecular complexity index is 755. The molecule has 0 bridgehead atoms. The van der Waals surface area contributed by atoms with Crippen LogP contribution in [0.25, 0.3) is 0 Å². The Morgan fingerprint density at radius 1 is 1.08 bits per heavy atom. The van der Waals surface area contributed by atoms with Crippen molar-refractivity contribution in [3.63, 3.8) is 0 Å². The largest absolute Gasteiger partial charge is 0.383 e. The van der Waals surface area contributed by atoms with E-state index in [9.17, 15) is 9.59 Å². The quantitative estimate of drug-likeness (QED) is 0.508. The van der Waals surface area contributed by atoms with Crippen LogP contribution in [0.4, 0.5) is 0 Å². The van der Waals surface area contributed by atoms with Crippen LogP contribution in [0.2, 0.25) is 5.02 Å². The lowest BCUT2D eigenvalue weighted by atomic mass is 10.2. The molecule has 2 amide bonds. The lowest BCUT2D eigenvalue weighted by Gasteiger charge is -2.11. The highest BCUT2D eigenvalue weighted by Gasteiger charge is 2.13. The molecule has 0 saturated heterocycles. The number of benzene rings is 2. The van der Waals surface area contributed by atoms with Crippen molar-refractivity contribution >= 4 is 35.2 Å². The summed E-state index contributed by atoms with van der Waals surface area (Å²) in [6.45, 7) is 1.28. The molecule has 0 atom stereocenters. The van der Waals surface area contributed by atoms with E-state index in [2.05, 4.69) is 10.6 Å². The number of hydrogen-bond donors (Lipinski definition) is 2. The molecule has 2 N–H and O–H groups in total. The highest BCUT2D eigenvalue weighted by Crippen LogP contribution is 2.23. The van der Waals surface area contributed by atoms with Crippen molar-refractivity contribution in [2.75, 3.05) is 26.0 Å². The van der Waals surface area contributed by atoms with E-state index in [4.69, 9.17) is 16.3 Å². The van der Waals surface area contributed by atoms with Crippen LogP contribution in [0, 0.1) is 0 Å². The molecule has 0 spiro atoms. The Morgan fingerprint density at radius 2 is 1.81 bits per heavy atom. The number of nitrogens with one attached hydrogen (secondary N) is 2. The van der Waals surface area contributed by atoms with Crippen LogP contribution in [0.5, 0.6) is 0 Å². The summed E-state index contributed by atoms with van der Waals surface area (Å²) in [5.74, 6) is -0.0652. The summed E-state index contributed by atoms with van der Waals surface area (Å²) in [6.07, 6.45) is 0. The smallest absolute Gasteiger partial charge is 0.252 e. The van der Waals surface area contributed by atoms with E-state index in [1.54, 1.807) is 25.3 Å². The number of amides is 2. The Morgan fingerprint density at radius 3 is 2.58 bits per heavy atom. The lowest BCUT2D eigenvalue weighted by Crippen LogP contribution is -2.28. The van der Waals surface area contributed by atoms with Gasteiger partial charge in [-0.15, -0.1) is 11.8 Å². The number of halogens is 1. The van der Waals surface area contributed by atoms with Crippen LogP contribution in [0.3, 0.4) is 0 Å². The first-order chi connectivity index (χ1) is 12.6. The van der Waals surface area contributed by atoms with E-state index in [1.807, 2.05) is 30.3 Å². The number of methoxy groups -OCH3 is 1. The minimum absolute atomic E-state index is 0.0988. The van der Waals surface area contributed by atoms with E-state index in [0.29, 0.717) is 30.3 Å². The summed E-state index contributed by atoms with van der Waals surface area (Å²) in [4.78, 5) is 25.1. The number of rotatable bonds is 9. The van der Waals surface area contributed by atoms with E-state index < -0.39 is 0 Å². The molecule has 0 aliphatic rings. The molecule has 7 heteroatoms. The van der Waals surface area contributed by atoms with E-state index in [1.165, 1.54) is 11.8 Å². The van der Waals surface area contributed by atoms with Gasteiger partial charge in [0.25, 0.3) is 5.91 Å². The van der Waals surface area contributed by atoms with Crippen molar-refractivity contribution in [1.29, 1.82) is 0 Å². The molecule has 0 radical (unpaired) electrons. The summed E-state index contributed by atoms with van der Waals surface area (Å²) in [5.41, 5.74) is 1.39. The fraction of sp³-hybridized carbons (Fsp3) is 0.263. The Hall–Kier alpha value is -2.02. The molecule has 0 fully saturated rings. The van der Waals surface area contributed by atoms with Gasteiger partial charge in [0.1, 0.15) is 0 Å². The lowest BCUT2D eigenvalue weighted by molar-refractivity contribution is -0.118. The molecule has 0 aliphatic heterocycles. The van der Waals surface area contributed by atoms with Crippen LogP contribution < -0.4 is 10.6 Å². The topological polar surface area (TPSA) is 67.4 Å². The van der Waals surface area contributed by atoms with Gasteiger partial charge in [-0.2, -0.15) is 0 Å². The van der Waals surface area contributed by atoms with Crippen LogP contribution >= 0.6 is 23.4 Å². The first-order valence-electron chi connectivity index (χ1n) is 8.11. The molecule has 26 heavy (non-hydrogen) atoms. The van der Waals surface area contributed by atoms with Gasteiger partial charge in [-0.05, 0) is 23.8 Å². The molecular formula is C19H21ClN2O3S. The van der Waals surface area contributed by atoms with Crippen LogP contribution in [-0.2, 0) is 16.1 Å². The summed E-state index contributed by atoms with van der Waals surface area (Å²) >= 11 is 7.44. The summed E-state index contributed by atoms with van der Waals surface area (Å²) in [6, 6.07) is 14.6. The summed E-state index contributed by atoms with van der Waals surface area (Å²) in [5, 5.41) is 6.24. The molecule has 2 aromatic carbocycles. The van der Waals surface area contributed by atoms with Gasteiger partial charge in [0.05, 0.1) is 17.9 Å². The maximum atomic E-state index is 12.5. The van der Waals surface area contributed by atoms with Gasteiger partial charge in [-0.25, -0.2) is 0 Å². The molecule has 0 heterocycles. The van der Waals surface area contributed by atoms with Gasteiger partial charge in [-0.3, -0.25) is 9.59 Å². The third-order valence-corrected chi connectivity index (χ3v) is 4.96. The number of thioether (sulfide) groups is 1.